The molecule has 0 saturated heterocycles. The number of carbonyl (C=O) groups excluding carboxylic acids is 1. The highest BCUT2D eigenvalue weighted by molar-refractivity contribution is 6.93. The van der Waals surface area contributed by atoms with E-state index in [1.807, 2.05) is 44.3 Å². The predicted molar refractivity (Wildman–Crippen MR) is 122 cm³/mol. The van der Waals surface area contributed by atoms with Gasteiger partial charge in [0.2, 0.25) is 0 Å². The molecule has 0 fully saturated rings. The molecule has 0 radical (unpaired) electrons. The summed E-state index contributed by atoms with van der Waals surface area (Å²) in [6.07, 6.45) is 3.24. The first-order valence-corrected chi connectivity index (χ1v) is 13.2. The minimum Gasteiger partial charge on any atom is -0.497 e. The third-order valence-electron chi connectivity index (χ3n) is 6.08. The zero-order chi connectivity index (χ0) is 21.4. The fourth-order valence-electron chi connectivity index (χ4n) is 4.01. The van der Waals surface area contributed by atoms with Crippen LogP contribution in [-0.2, 0) is 0 Å². The van der Waals surface area contributed by atoms with Crippen LogP contribution in [0.25, 0.3) is 11.1 Å². The molecule has 6 heteroatoms. The Hall–Kier alpha value is -2.34. The normalized spacial score (nSPS) is 11.2. The van der Waals surface area contributed by atoms with Crippen LogP contribution in [0.2, 0.25) is 18.1 Å². The van der Waals surface area contributed by atoms with Crippen LogP contribution in [0.1, 0.15) is 34.6 Å². The van der Waals surface area contributed by atoms with Crippen LogP contribution < -0.4 is 14.7 Å². The number of methoxy groups -OCH3 is 1. The minimum atomic E-state index is -1.93. The van der Waals surface area contributed by atoms with Crippen LogP contribution in [0.15, 0.2) is 36.7 Å². The number of amides is 1. The lowest BCUT2D eigenvalue weighted by Crippen LogP contribution is -2.48. The van der Waals surface area contributed by atoms with Crippen molar-refractivity contribution in [1.29, 1.82) is 0 Å². The molecule has 0 unspecified atom stereocenters. The van der Waals surface area contributed by atoms with E-state index in [1.165, 1.54) is 0 Å². The second-order valence-corrected chi connectivity index (χ2v) is 12.3. The zero-order valence-electron chi connectivity index (χ0n) is 18.6. The molecule has 29 heavy (non-hydrogen) atoms. The van der Waals surface area contributed by atoms with E-state index in [4.69, 9.17) is 9.47 Å². The number of carbonyl (C=O) groups is 1. The molecule has 1 heterocycles. The van der Waals surface area contributed by atoms with Gasteiger partial charge < -0.3 is 14.4 Å². The van der Waals surface area contributed by atoms with Gasteiger partial charge in [0.15, 0.2) is 0 Å². The molecule has 2 rings (SSSR count). The predicted octanol–water partition coefficient (Wildman–Crippen LogP) is 5.31. The lowest BCUT2D eigenvalue weighted by Gasteiger charge is -2.33. The molecule has 1 amide bonds. The number of benzene rings is 1. The molecule has 1 aromatic carbocycles. The first-order chi connectivity index (χ1) is 14.0. The maximum absolute atomic E-state index is 13.0. The maximum Gasteiger partial charge on any atom is 0.415 e. The minimum absolute atomic E-state index is 0.319. The van der Waals surface area contributed by atoms with Crippen molar-refractivity contribution in [2.75, 3.05) is 20.2 Å². The summed E-state index contributed by atoms with van der Waals surface area (Å²) in [6.45, 7) is 11.9. The number of pyridine rings is 1. The van der Waals surface area contributed by atoms with Gasteiger partial charge in [0.05, 0.1) is 15.2 Å². The summed E-state index contributed by atoms with van der Waals surface area (Å²) in [6, 6.07) is 11.1. The Balaban J connectivity index is 2.80. The van der Waals surface area contributed by atoms with E-state index < -0.39 is 8.07 Å². The summed E-state index contributed by atoms with van der Waals surface area (Å²) >= 11 is 0. The van der Waals surface area contributed by atoms with E-state index >= 15 is 0 Å². The summed E-state index contributed by atoms with van der Waals surface area (Å²) in [5, 5.41) is 1.11. The summed E-state index contributed by atoms with van der Waals surface area (Å²) < 4.78 is 11.9. The average Bonchev–Trinajstić information content (AvgIpc) is 2.77. The molecule has 0 saturated carbocycles. The molecule has 0 bridgehead atoms. The van der Waals surface area contributed by atoms with Crippen LogP contribution in [0.5, 0.6) is 11.5 Å². The Kier molecular flexibility index (Phi) is 8.26. The molecule has 1 aromatic heterocycles. The highest BCUT2D eigenvalue weighted by atomic mass is 28.3. The van der Waals surface area contributed by atoms with E-state index in [0.717, 1.165) is 40.2 Å². The van der Waals surface area contributed by atoms with Crippen LogP contribution >= 0.6 is 0 Å². The SMILES string of the molecule is CCN(CC)C(=O)Oc1c(-c2cccnc2)ccc(OC)c1[Si](CC)(CC)CC. The molecule has 2 aromatic rings. The van der Waals surface area contributed by atoms with E-state index in [2.05, 4.69) is 25.8 Å². The maximum atomic E-state index is 13.0. The molecule has 0 aliphatic rings. The Morgan fingerprint density at radius 3 is 2.17 bits per heavy atom. The number of rotatable bonds is 9. The Bertz CT molecular complexity index is 795. The van der Waals surface area contributed by atoms with Crippen molar-refractivity contribution < 1.29 is 14.3 Å². The van der Waals surface area contributed by atoms with Crippen LogP contribution in [-0.4, -0.2) is 44.3 Å². The Morgan fingerprint density at radius 2 is 1.69 bits per heavy atom. The Morgan fingerprint density at radius 1 is 1.03 bits per heavy atom. The highest BCUT2D eigenvalue weighted by Crippen LogP contribution is 2.37. The molecular formula is C23H34N2O3Si. The number of nitrogens with zero attached hydrogens (tertiary/aromatic N) is 2. The summed E-state index contributed by atoms with van der Waals surface area (Å²) in [7, 11) is -0.238. The van der Waals surface area contributed by atoms with E-state index in [9.17, 15) is 4.79 Å². The van der Waals surface area contributed by atoms with Crippen molar-refractivity contribution in [3.63, 3.8) is 0 Å². The van der Waals surface area contributed by atoms with E-state index in [1.54, 1.807) is 18.2 Å². The summed E-state index contributed by atoms with van der Waals surface area (Å²) in [5.41, 5.74) is 1.83. The van der Waals surface area contributed by atoms with Crippen LogP contribution in [0.4, 0.5) is 4.79 Å². The topological polar surface area (TPSA) is 51.7 Å². The van der Waals surface area contributed by atoms with Gasteiger partial charge in [0.1, 0.15) is 11.5 Å². The van der Waals surface area contributed by atoms with E-state index in [-0.39, 0.29) is 6.09 Å². The van der Waals surface area contributed by atoms with Crippen molar-refractivity contribution in [2.45, 2.75) is 52.8 Å². The highest BCUT2D eigenvalue weighted by Gasteiger charge is 2.37. The van der Waals surface area contributed by atoms with Gasteiger partial charge in [-0.15, -0.1) is 0 Å². The van der Waals surface area contributed by atoms with Gasteiger partial charge in [-0.3, -0.25) is 4.98 Å². The van der Waals surface area contributed by atoms with Gasteiger partial charge in [-0.2, -0.15) is 0 Å². The van der Waals surface area contributed by atoms with Gasteiger partial charge in [0, 0.05) is 41.8 Å². The zero-order valence-corrected chi connectivity index (χ0v) is 19.6. The number of aromatic nitrogens is 1. The number of hydrogen-bond donors (Lipinski definition) is 0. The standard InChI is InChI=1S/C23H34N2O3Si/c1-7-25(8-2)23(26)28-21-19(18-13-12-16-24-17-18)14-15-20(27-6)22(21)29(9-3,10-4)11-5/h12-17H,7-11H2,1-6H3. The molecule has 158 valence electrons. The van der Waals surface area contributed by atoms with Gasteiger partial charge in [-0.25, -0.2) is 4.79 Å². The van der Waals surface area contributed by atoms with Crippen LogP contribution in [0.3, 0.4) is 0 Å². The fourth-order valence-corrected chi connectivity index (χ4v) is 7.94. The third kappa shape index (κ3) is 4.64. The number of ether oxygens (including phenoxy) is 2. The Labute approximate surface area is 176 Å². The quantitative estimate of drug-likeness (QED) is 0.522. The fraction of sp³-hybridized carbons (Fsp3) is 0.478. The van der Waals surface area contributed by atoms with Crippen LogP contribution in [0, 0.1) is 0 Å². The largest absolute Gasteiger partial charge is 0.497 e. The van der Waals surface area contributed by atoms with E-state index in [0.29, 0.717) is 18.8 Å². The van der Waals surface area contributed by atoms with Crippen molar-refractivity contribution in [3.8, 4) is 22.6 Å². The summed E-state index contributed by atoms with van der Waals surface area (Å²) in [5.74, 6) is 1.46. The monoisotopic (exact) mass is 414 g/mol. The molecule has 0 atom stereocenters. The van der Waals surface area contributed by atoms with Crippen molar-refractivity contribution >= 4 is 19.4 Å². The van der Waals surface area contributed by atoms with Gasteiger partial charge in [-0.1, -0.05) is 45.0 Å². The van der Waals surface area contributed by atoms with Crippen molar-refractivity contribution in [3.05, 3.63) is 36.7 Å². The van der Waals surface area contributed by atoms with Gasteiger partial charge in [0.25, 0.3) is 0 Å². The second kappa shape index (κ2) is 10.4. The molecule has 0 N–H and O–H groups in total. The average molecular weight is 415 g/mol. The summed E-state index contributed by atoms with van der Waals surface area (Å²) in [4.78, 5) is 18.9. The lowest BCUT2D eigenvalue weighted by atomic mass is 10.1. The first kappa shape index (κ1) is 22.9. The molecule has 0 aliphatic heterocycles. The van der Waals surface area contributed by atoms with Crippen molar-refractivity contribution in [2.24, 2.45) is 0 Å². The third-order valence-corrected chi connectivity index (χ3v) is 11.7. The smallest absolute Gasteiger partial charge is 0.415 e. The van der Waals surface area contributed by atoms with Crippen molar-refractivity contribution in [1.82, 2.24) is 9.88 Å². The molecular weight excluding hydrogens is 380 g/mol. The van der Waals surface area contributed by atoms with Gasteiger partial charge >= 0.3 is 6.09 Å². The lowest BCUT2D eigenvalue weighted by molar-refractivity contribution is 0.157. The first-order valence-electron chi connectivity index (χ1n) is 10.6. The second-order valence-electron chi connectivity index (χ2n) is 7.14. The molecule has 0 aliphatic carbocycles. The van der Waals surface area contributed by atoms with Gasteiger partial charge in [-0.05, 0) is 32.0 Å². The molecule has 0 spiro atoms. The number of hydrogen-bond acceptors (Lipinski definition) is 4. The molecule has 5 nitrogen and oxygen atoms in total.